The Hall–Kier alpha value is -1.47. The summed E-state index contributed by atoms with van der Waals surface area (Å²) < 4.78 is 0. The second kappa shape index (κ2) is 4.80. The predicted molar refractivity (Wildman–Crippen MR) is 63.9 cm³/mol. The maximum atomic E-state index is 11.6. The van der Waals surface area contributed by atoms with Gasteiger partial charge in [-0.2, -0.15) is 0 Å². The summed E-state index contributed by atoms with van der Waals surface area (Å²) in [5.41, 5.74) is 0. The molecule has 1 unspecified atom stereocenters. The summed E-state index contributed by atoms with van der Waals surface area (Å²) in [6, 6.07) is 3.06. The smallest absolute Gasteiger partial charge is 0.324 e. The van der Waals surface area contributed by atoms with Crippen molar-refractivity contribution in [2.45, 2.75) is 19.0 Å². The highest BCUT2D eigenvalue weighted by Crippen LogP contribution is 2.24. The Morgan fingerprint density at radius 1 is 1.65 bits per heavy atom. The highest BCUT2D eigenvalue weighted by molar-refractivity contribution is 7.15. The van der Waals surface area contributed by atoms with Gasteiger partial charge in [0.2, 0.25) is 5.91 Å². The maximum absolute atomic E-state index is 11.6. The van der Waals surface area contributed by atoms with E-state index in [0.29, 0.717) is 6.54 Å². The largest absolute Gasteiger partial charge is 0.344 e. The molecule has 17 heavy (non-hydrogen) atoms. The first kappa shape index (κ1) is 12.0. The monoisotopic (exact) mass is 255 g/mol. The van der Waals surface area contributed by atoms with Crippen LogP contribution in [0.15, 0.2) is 12.1 Å². The third kappa shape index (κ3) is 2.62. The molecule has 0 spiro atoms. The Morgan fingerprint density at radius 3 is 2.94 bits per heavy atom. The number of thiophene rings is 1. The van der Waals surface area contributed by atoms with Crippen molar-refractivity contribution < 1.29 is 9.72 Å². The van der Waals surface area contributed by atoms with Crippen molar-refractivity contribution in [2.24, 2.45) is 0 Å². The number of hydrogen-bond acceptors (Lipinski definition) is 5. The molecule has 92 valence electrons. The maximum Gasteiger partial charge on any atom is 0.324 e. The molecule has 1 saturated heterocycles. The third-order valence-electron chi connectivity index (χ3n) is 2.78. The molecule has 7 heteroatoms. The minimum atomic E-state index is -0.400. The van der Waals surface area contributed by atoms with Crippen molar-refractivity contribution in [1.82, 2.24) is 10.2 Å². The molecule has 2 heterocycles. The highest BCUT2D eigenvalue weighted by atomic mass is 32.1. The molecule has 1 aliphatic rings. The van der Waals surface area contributed by atoms with Crippen molar-refractivity contribution in [1.29, 1.82) is 0 Å². The van der Waals surface area contributed by atoms with Crippen LogP contribution < -0.4 is 5.32 Å². The Balaban J connectivity index is 1.89. The van der Waals surface area contributed by atoms with Crippen LogP contribution in [-0.2, 0) is 11.3 Å². The van der Waals surface area contributed by atoms with Gasteiger partial charge in [-0.1, -0.05) is 11.3 Å². The Labute approximate surface area is 102 Å². The molecule has 1 atom stereocenters. The summed E-state index contributed by atoms with van der Waals surface area (Å²) >= 11 is 1.14. The van der Waals surface area contributed by atoms with E-state index in [0.717, 1.165) is 29.2 Å². The lowest BCUT2D eigenvalue weighted by atomic mass is 10.2. The van der Waals surface area contributed by atoms with E-state index in [1.54, 1.807) is 18.0 Å². The molecule has 0 aliphatic carbocycles. The van der Waals surface area contributed by atoms with E-state index in [1.165, 1.54) is 6.07 Å². The van der Waals surface area contributed by atoms with E-state index < -0.39 is 4.92 Å². The van der Waals surface area contributed by atoms with Crippen molar-refractivity contribution in [3.63, 3.8) is 0 Å². The number of hydrogen-bond donors (Lipinski definition) is 1. The van der Waals surface area contributed by atoms with Crippen molar-refractivity contribution in [3.05, 3.63) is 27.1 Å². The molecule has 0 bridgehead atoms. The summed E-state index contributed by atoms with van der Waals surface area (Å²) in [5.74, 6) is 0.0936. The number of amides is 1. The van der Waals surface area contributed by atoms with Gasteiger partial charge in [0.1, 0.15) is 0 Å². The van der Waals surface area contributed by atoms with Gasteiger partial charge < -0.3 is 10.2 Å². The average molecular weight is 255 g/mol. The zero-order valence-electron chi connectivity index (χ0n) is 9.38. The van der Waals surface area contributed by atoms with Gasteiger partial charge in [0.25, 0.3) is 0 Å². The molecule has 0 radical (unpaired) electrons. The summed E-state index contributed by atoms with van der Waals surface area (Å²) in [6.07, 6.45) is 0.794. The lowest BCUT2D eigenvalue weighted by Gasteiger charge is -2.10. The normalized spacial score (nSPS) is 19.9. The molecule has 1 aromatic rings. The minimum absolute atomic E-state index is 0.0936. The van der Waals surface area contributed by atoms with Crippen LogP contribution >= 0.6 is 11.3 Å². The van der Waals surface area contributed by atoms with E-state index in [4.69, 9.17) is 0 Å². The lowest BCUT2D eigenvalue weighted by Crippen LogP contribution is -2.36. The first-order valence-corrected chi connectivity index (χ1v) is 6.11. The molecule has 1 N–H and O–H groups in total. The fraction of sp³-hybridized carbons (Fsp3) is 0.500. The van der Waals surface area contributed by atoms with Gasteiger partial charge >= 0.3 is 5.00 Å². The van der Waals surface area contributed by atoms with Crippen LogP contribution in [0.4, 0.5) is 5.00 Å². The average Bonchev–Trinajstić information content (AvgIpc) is 2.86. The molecule has 1 aliphatic heterocycles. The van der Waals surface area contributed by atoms with E-state index in [-0.39, 0.29) is 17.0 Å². The second-order valence-electron chi connectivity index (χ2n) is 3.98. The zero-order valence-corrected chi connectivity index (χ0v) is 10.2. The molecule has 0 aromatic carbocycles. The van der Waals surface area contributed by atoms with Gasteiger partial charge in [0.15, 0.2) is 0 Å². The van der Waals surface area contributed by atoms with Crippen LogP contribution in [0.25, 0.3) is 0 Å². The Kier molecular flexibility index (Phi) is 3.39. The fourth-order valence-electron chi connectivity index (χ4n) is 1.80. The summed E-state index contributed by atoms with van der Waals surface area (Å²) in [7, 11) is 1.78. The van der Waals surface area contributed by atoms with Gasteiger partial charge in [-0.15, -0.1) is 0 Å². The van der Waals surface area contributed by atoms with Gasteiger partial charge in [-0.05, 0) is 12.5 Å². The van der Waals surface area contributed by atoms with Crippen LogP contribution in [0.2, 0.25) is 0 Å². The van der Waals surface area contributed by atoms with E-state index in [2.05, 4.69) is 5.32 Å². The van der Waals surface area contributed by atoms with Crippen LogP contribution in [0.5, 0.6) is 0 Å². The summed E-state index contributed by atoms with van der Waals surface area (Å²) in [5, 5.41) is 13.8. The molecule has 1 amide bonds. The van der Waals surface area contributed by atoms with Gasteiger partial charge in [0.05, 0.1) is 11.0 Å². The predicted octanol–water partition coefficient (Wildman–Crippen LogP) is 0.977. The third-order valence-corrected chi connectivity index (χ3v) is 3.81. The SMILES string of the molecule is CN1CCC(NCc2ccc([N+](=O)[O-])s2)C1=O. The van der Waals surface area contributed by atoms with Crippen LogP contribution in [0.1, 0.15) is 11.3 Å². The van der Waals surface area contributed by atoms with E-state index in [1.807, 2.05) is 0 Å². The number of rotatable bonds is 4. The van der Waals surface area contributed by atoms with Gasteiger partial charge in [-0.3, -0.25) is 14.9 Å². The number of nitrogens with one attached hydrogen (secondary N) is 1. The van der Waals surface area contributed by atoms with Crippen LogP contribution in [0, 0.1) is 10.1 Å². The summed E-state index contributed by atoms with van der Waals surface area (Å²) in [6.45, 7) is 1.27. The molecule has 1 fully saturated rings. The highest BCUT2D eigenvalue weighted by Gasteiger charge is 2.28. The summed E-state index contributed by atoms with van der Waals surface area (Å²) in [4.78, 5) is 24.3. The molecule has 6 nitrogen and oxygen atoms in total. The van der Waals surface area contributed by atoms with E-state index in [9.17, 15) is 14.9 Å². The van der Waals surface area contributed by atoms with Crippen LogP contribution in [-0.4, -0.2) is 35.4 Å². The van der Waals surface area contributed by atoms with Crippen LogP contribution in [0.3, 0.4) is 0 Å². The number of nitro groups is 1. The second-order valence-corrected chi connectivity index (χ2v) is 5.13. The van der Waals surface area contributed by atoms with Gasteiger partial charge in [0, 0.05) is 31.1 Å². The Bertz CT molecular complexity index is 446. The number of nitrogens with zero attached hydrogens (tertiary/aromatic N) is 2. The molecular formula is C10H13N3O3S. The first-order valence-electron chi connectivity index (χ1n) is 5.29. The number of likely N-dealkylation sites (N-methyl/N-ethyl adjacent to an activating group) is 1. The lowest BCUT2D eigenvalue weighted by molar-refractivity contribution is -0.380. The van der Waals surface area contributed by atoms with Gasteiger partial charge in [-0.25, -0.2) is 0 Å². The topological polar surface area (TPSA) is 75.5 Å². The molecule has 2 rings (SSSR count). The first-order chi connectivity index (χ1) is 8.08. The minimum Gasteiger partial charge on any atom is -0.344 e. The Morgan fingerprint density at radius 2 is 2.41 bits per heavy atom. The van der Waals surface area contributed by atoms with E-state index >= 15 is 0 Å². The van der Waals surface area contributed by atoms with Crippen molar-refractivity contribution >= 4 is 22.2 Å². The van der Waals surface area contributed by atoms with Crippen molar-refractivity contribution in [2.75, 3.05) is 13.6 Å². The quantitative estimate of drug-likeness (QED) is 0.642. The fourth-order valence-corrected chi connectivity index (χ4v) is 2.57. The molecular weight excluding hydrogens is 242 g/mol. The van der Waals surface area contributed by atoms with Crippen molar-refractivity contribution in [3.8, 4) is 0 Å². The standard InChI is InChI=1S/C10H13N3O3S/c1-12-5-4-8(10(12)14)11-6-7-2-3-9(17-7)13(15)16/h2-3,8,11H,4-6H2,1H3. The zero-order chi connectivity index (χ0) is 12.4. The number of carbonyl (C=O) groups is 1. The molecule has 0 saturated carbocycles. The number of carbonyl (C=O) groups excluding carboxylic acids is 1. The number of likely N-dealkylation sites (tertiary alicyclic amines) is 1. The molecule has 1 aromatic heterocycles.